The maximum Gasteiger partial charge on any atom is 0.120 e. The predicted molar refractivity (Wildman–Crippen MR) is 74.3 cm³/mol. The van der Waals surface area contributed by atoms with E-state index in [0.717, 1.165) is 25.3 Å². The molecule has 0 amide bonds. The number of hydrogen-bond acceptors (Lipinski definition) is 2. The van der Waals surface area contributed by atoms with E-state index >= 15 is 0 Å². The fourth-order valence-corrected chi connectivity index (χ4v) is 2.59. The molecule has 2 aromatic rings. The van der Waals surface area contributed by atoms with Crippen molar-refractivity contribution >= 4 is 10.9 Å². The lowest BCUT2D eigenvalue weighted by Crippen LogP contribution is -2.19. The number of rotatable bonds is 3. The van der Waals surface area contributed by atoms with Crippen LogP contribution in [-0.2, 0) is 0 Å². The number of nitrogens with one attached hydrogen (secondary N) is 2. The second kappa shape index (κ2) is 4.65. The van der Waals surface area contributed by atoms with Crippen molar-refractivity contribution in [3.05, 3.63) is 30.0 Å². The Kier molecular flexibility index (Phi) is 3.00. The van der Waals surface area contributed by atoms with Gasteiger partial charge in [0.25, 0.3) is 0 Å². The molecule has 1 unspecified atom stereocenters. The Morgan fingerprint density at radius 3 is 2.94 bits per heavy atom. The molecule has 18 heavy (non-hydrogen) atoms. The van der Waals surface area contributed by atoms with Gasteiger partial charge in [-0.3, -0.25) is 0 Å². The molecule has 3 rings (SSSR count). The van der Waals surface area contributed by atoms with Crippen LogP contribution in [0, 0.1) is 0 Å². The summed E-state index contributed by atoms with van der Waals surface area (Å²) in [6, 6.07) is 6.33. The number of fused-ring (bicyclic) bond motifs is 1. The number of H-pyrrole nitrogens is 1. The molecule has 0 aliphatic carbocycles. The summed E-state index contributed by atoms with van der Waals surface area (Å²) in [7, 11) is 0. The van der Waals surface area contributed by atoms with Crippen molar-refractivity contribution in [1.29, 1.82) is 0 Å². The summed E-state index contributed by atoms with van der Waals surface area (Å²) in [6.45, 7) is 6.46. The Hall–Kier alpha value is -1.48. The molecule has 1 saturated heterocycles. The Labute approximate surface area is 108 Å². The highest BCUT2D eigenvalue weighted by Gasteiger charge is 2.16. The van der Waals surface area contributed by atoms with E-state index in [1.807, 2.05) is 0 Å². The minimum absolute atomic E-state index is 0.323. The Bertz CT molecular complexity index is 538. The first-order valence-corrected chi connectivity index (χ1v) is 6.72. The van der Waals surface area contributed by atoms with Crippen LogP contribution >= 0.6 is 0 Å². The first-order valence-electron chi connectivity index (χ1n) is 6.72. The van der Waals surface area contributed by atoms with E-state index in [4.69, 9.17) is 4.74 Å². The Balaban J connectivity index is 1.91. The van der Waals surface area contributed by atoms with Gasteiger partial charge < -0.3 is 15.0 Å². The van der Waals surface area contributed by atoms with Crippen LogP contribution in [0.25, 0.3) is 10.9 Å². The van der Waals surface area contributed by atoms with Crippen LogP contribution in [0.2, 0.25) is 0 Å². The van der Waals surface area contributed by atoms with E-state index in [2.05, 4.69) is 48.5 Å². The molecule has 1 aromatic heterocycles. The SMILES string of the molecule is CC(C)c1c[nH]c2ccc(OC3CCNC3)cc12. The second-order valence-electron chi connectivity index (χ2n) is 5.34. The molecular weight excluding hydrogens is 224 g/mol. The van der Waals surface area contributed by atoms with Crippen LogP contribution < -0.4 is 10.1 Å². The predicted octanol–water partition coefficient (Wildman–Crippen LogP) is 3.03. The van der Waals surface area contributed by atoms with Crippen molar-refractivity contribution in [3.8, 4) is 5.75 Å². The van der Waals surface area contributed by atoms with E-state index < -0.39 is 0 Å². The van der Waals surface area contributed by atoms with E-state index in [9.17, 15) is 0 Å². The number of hydrogen-bond donors (Lipinski definition) is 2. The number of ether oxygens (including phenoxy) is 1. The average Bonchev–Trinajstić information content (AvgIpc) is 2.97. The third kappa shape index (κ3) is 2.10. The van der Waals surface area contributed by atoms with Crippen LogP contribution in [0.3, 0.4) is 0 Å². The van der Waals surface area contributed by atoms with Crippen LogP contribution in [0.15, 0.2) is 24.4 Å². The molecule has 3 heteroatoms. The summed E-state index contributed by atoms with van der Waals surface area (Å²) in [5.41, 5.74) is 2.55. The van der Waals surface area contributed by atoms with E-state index in [1.165, 1.54) is 16.5 Å². The molecule has 1 fully saturated rings. The zero-order valence-electron chi connectivity index (χ0n) is 11.0. The zero-order valence-corrected chi connectivity index (χ0v) is 11.0. The molecule has 3 nitrogen and oxygen atoms in total. The van der Waals surface area contributed by atoms with Gasteiger partial charge in [-0.2, -0.15) is 0 Å². The topological polar surface area (TPSA) is 37.0 Å². The third-order valence-corrected chi connectivity index (χ3v) is 3.63. The van der Waals surface area contributed by atoms with Gasteiger partial charge in [-0.05, 0) is 42.6 Å². The largest absolute Gasteiger partial charge is 0.489 e. The van der Waals surface area contributed by atoms with E-state index in [1.54, 1.807) is 0 Å². The summed E-state index contributed by atoms with van der Waals surface area (Å²) in [5, 5.41) is 4.61. The van der Waals surface area contributed by atoms with Gasteiger partial charge in [-0.15, -0.1) is 0 Å². The minimum atomic E-state index is 0.323. The van der Waals surface area contributed by atoms with Crippen molar-refractivity contribution in [2.24, 2.45) is 0 Å². The quantitative estimate of drug-likeness (QED) is 0.870. The second-order valence-corrected chi connectivity index (χ2v) is 5.34. The van der Waals surface area contributed by atoms with Crippen molar-refractivity contribution in [3.63, 3.8) is 0 Å². The summed E-state index contributed by atoms with van der Waals surface area (Å²) in [4.78, 5) is 3.32. The molecule has 96 valence electrons. The first-order chi connectivity index (χ1) is 8.74. The van der Waals surface area contributed by atoms with Gasteiger partial charge in [0.15, 0.2) is 0 Å². The van der Waals surface area contributed by atoms with Crippen LogP contribution in [0.4, 0.5) is 0 Å². The fraction of sp³-hybridized carbons (Fsp3) is 0.467. The average molecular weight is 244 g/mol. The maximum atomic E-state index is 6.01. The third-order valence-electron chi connectivity index (χ3n) is 3.63. The zero-order chi connectivity index (χ0) is 12.5. The smallest absolute Gasteiger partial charge is 0.120 e. The molecule has 1 aliphatic heterocycles. The molecular formula is C15H20N2O. The van der Waals surface area contributed by atoms with Crippen molar-refractivity contribution in [2.45, 2.75) is 32.3 Å². The van der Waals surface area contributed by atoms with E-state index in [0.29, 0.717) is 12.0 Å². The lowest BCUT2D eigenvalue weighted by Gasteiger charge is -2.13. The Morgan fingerprint density at radius 1 is 1.33 bits per heavy atom. The summed E-state index contributed by atoms with van der Waals surface area (Å²) >= 11 is 0. The number of aromatic nitrogens is 1. The Morgan fingerprint density at radius 2 is 2.22 bits per heavy atom. The monoisotopic (exact) mass is 244 g/mol. The van der Waals surface area contributed by atoms with Crippen LogP contribution in [0.5, 0.6) is 5.75 Å². The van der Waals surface area contributed by atoms with Gasteiger partial charge in [-0.25, -0.2) is 0 Å². The molecule has 2 N–H and O–H groups in total. The lowest BCUT2D eigenvalue weighted by molar-refractivity contribution is 0.223. The summed E-state index contributed by atoms with van der Waals surface area (Å²) < 4.78 is 6.01. The van der Waals surface area contributed by atoms with Crippen molar-refractivity contribution in [1.82, 2.24) is 10.3 Å². The number of aromatic amines is 1. The summed E-state index contributed by atoms with van der Waals surface area (Å²) in [6.07, 6.45) is 3.53. The standard InChI is InChI=1S/C15H20N2O/c1-10(2)14-9-17-15-4-3-11(7-13(14)15)18-12-5-6-16-8-12/h3-4,7,9-10,12,16-17H,5-6,8H2,1-2H3. The van der Waals surface area contributed by atoms with Gasteiger partial charge in [0.1, 0.15) is 11.9 Å². The lowest BCUT2D eigenvalue weighted by atomic mass is 10.0. The molecule has 1 aliphatic rings. The molecule has 1 aromatic carbocycles. The first kappa shape index (κ1) is 11.6. The van der Waals surface area contributed by atoms with Gasteiger partial charge in [0.05, 0.1) is 0 Å². The van der Waals surface area contributed by atoms with Crippen molar-refractivity contribution < 1.29 is 4.74 Å². The molecule has 0 bridgehead atoms. The molecule has 2 heterocycles. The fourth-order valence-electron chi connectivity index (χ4n) is 2.59. The number of benzene rings is 1. The highest BCUT2D eigenvalue weighted by atomic mass is 16.5. The molecule has 0 spiro atoms. The van der Waals surface area contributed by atoms with Gasteiger partial charge >= 0.3 is 0 Å². The molecule has 0 saturated carbocycles. The van der Waals surface area contributed by atoms with Gasteiger partial charge in [-0.1, -0.05) is 13.8 Å². The summed E-state index contributed by atoms with van der Waals surface area (Å²) in [5.74, 6) is 1.51. The van der Waals surface area contributed by atoms with E-state index in [-0.39, 0.29) is 0 Å². The normalized spacial score (nSPS) is 19.8. The van der Waals surface area contributed by atoms with Crippen molar-refractivity contribution in [2.75, 3.05) is 13.1 Å². The van der Waals surface area contributed by atoms with Gasteiger partial charge in [0, 0.05) is 23.6 Å². The van der Waals surface area contributed by atoms with Gasteiger partial charge in [0.2, 0.25) is 0 Å². The highest BCUT2D eigenvalue weighted by Crippen LogP contribution is 2.29. The minimum Gasteiger partial charge on any atom is -0.489 e. The molecule has 0 radical (unpaired) electrons. The van der Waals surface area contributed by atoms with Crippen LogP contribution in [0.1, 0.15) is 31.7 Å². The maximum absolute atomic E-state index is 6.01. The van der Waals surface area contributed by atoms with Crippen LogP contribution in [-0.4, -0.2) is 24.2 Å². The highest BCUT2D eigenvalue weighted by molar-refractivity contribution is 5.85. The molecule has 1 atom stereocenters.